The van der Waals surface area contributed by atoms with Crippen molar-refractivity contribution in [1.29, 1.82) is 0 Å². The van der Waals surface area contributed by atoms with Gasteiger partial charge in [0.1, 0.15) is 29.5 Å². The van der Waals surface area contributed by atoms with Crippen LogP contribution < -0.4 is 5.32 Å². The fourth-order valence-corrected chi connectivity index (χ4v) is 6.23. The number of hydrogen-bond acceptors (Lipinski definition) is 11. The molecule has 4 N–H and O–H groups in total. The van der Waals surface area contributed by atoms with Crippen molar-refractivity contribution < 1.29 is 48.7 Å². The fraction of sp³-hybridized carbons (Fsp3) is 0.897. The summed E-state index contributed by atoms with van der Waals surface area (Å²) in [5.74, 6) is -5.55. The van der Waals surface area contributed by atoms with E-state index >= 15 is 0 Å². The Balaban J connectivity index is 2.60. The molecule has 0 aromatic heterocycles. The van der Waals surface area contributed by atoms with E-state index in [9.17, 15) is 29.7 Å². The largest absolute Gasteiger partial charge is 0.459 e. The Hall–Kier alpha value is -1.47. The molecule has 2 aliphatic rings. The second-order valence-corrected chi connectivity index (χ2v) is 12.2. The van der Waals surface area contributed by atoms with E-state index in [2.05, 4.69) is 5.32 Å². The molecule has 232 valence electrons. The summed E-state index contributed by atoms with van der Waals surface area (Å²) in [4.78, 5) is 40.4. The van der Waals surface area contributed by atoms with Gasteiger partial charge in [-0.25, -0.2) is 0 Å². The van der Waals surface area contributed by atoms with E-state index < -0.39 is 77.3 Å². The van der Waals surface area contributed by atoms with Crippen molar-refractivity contribution in [2.75, 3.05) is 14.2 Å². The van der Waals surface area contributed by atoms with Gasteiger partial charge in [0.25, 0.3) is 0 Å². The van der Waals surface area contributed by atoms with Crippen LogP contribution in [0.3, 0.4) is 0 Å². The van der Waals surface area contributed by atoms with Crippen LogP contribution in [-0.4, -0.2) is 101 Å². The number of carbonyl (C=O) groups is 3. The molecule has 2 fully saturated rings. The number of esters is 1. The van der Waals surface area contributed by atoms with Crippen LogP contribution in [0.25, 0.3) is 0 Å². The lowest BCUT2D eigenvalue weighted by molar-refractivity contribution is -0.290. The van der Waals surface area contributed by atoms with Crippen molar-refractivity contribution in [2.24, 2.45) is 23.7 Å². The van der Waals surface area contributed by atoms with Gasteiger partial charge in [-0.2, -0.15) is 0 Å². The Bertz CT molecular complexity index is 896. The third-order valence-electron chi connectivity index (χ3n) is 9.05. The first-order valence-corrected chi connectivity index (χ1v) is 14.4. The number of carbonyl (C=O) groups excluding carboxylic acids is 3. The minimum absolute atomic E-state index is 0.0910. The third-order valence-corrected chi connectivity index (χ3v) is 9.05. The zero-order chi connectivity index (χ0) is 30.7. The predicted octanol–water partition coefficient (Wildman–Crippen LogP) is 1.38. The van der Waals surface area contributed by atoms with E-state index in [1.165, 1.54) is 27.9 Å². The smallest absolute Gasteiger partial charge is 0.316 e. The Labute approximate surface area is 238 Å². The summed E-state index contributed by atoms with van der Waals surface area (Å²) >= 11 is 0. The molecule has 40 heavy (non-hydrogen) atoms. The lowest BCUT2D eigenvalue weighted by Crippen LogP contribution is -2.59. The number of ether oxygens (including phenoxy) is 4. The summed E-state index contributed by atoms with van der Waals surface area (Å²) in [7, 11) is 3.17. The van der Waals surface area contributed by atoms with Crippen molar-refractivity contribution in [2.45, 2.75) is 129 Å². The van der Waals surface area contributed by atoms with Crippen LogP contribution in [0.5, 0.6) is 0 Å². The highest BCUT2D eigenvalue weighted by atomic mass is 16.7. The van der Waals surface area contributed by atoms with Crippen LogP contribution in [0.4, 0.5) is 0 Å². The number of rotatable bonds is 5. The molecule has 11 nitrogen and oxygen atoms in total. The molecular weight excluding hydrogens is 522 g/mol. The van der Waals surface area contributed by atoms with Gasteiger partial charge < -0.3 is 39.6 Å². The van der Waals surface area contributed by atoms with Gasteiger partial charge in [0.2, 0.25) is 0 Å². The summed E-state index contributed by atoms with van der Waals surface area (Å²) in [6.45, 7) is 12.8. The highest BCUT2D eigenvalue weighted by molar-refractivity contribution is 6.00. The highest BCUT2D eigenvalue weighted by Crippen LogP contribution is 2.38. The SMILES string of the molecule is CC[C@H]1OC(=O)[C@H](C)C(=O)[C@H](C)[C@@H](O[C@@H]2O[C@H](C)C[C@H](NC)[C@H]2O)[C@](C)(OC)C[C@@H](C)C(=O)[C@H](C)[C@@H](O)[C@]1(C)O. The topological polar surface area (TPSA) is 161 Å². The first-order chi connectivity index (χ1) is 18.5. The minimum atomic E-state index is -1.94. The van der Waals surface area contributed by atoms with Crippen LogP contribution in [0.15, 0.2) is 0 Å². The Kier molecular flexibility index (Phi) is 11.9. The third kappa shape index (κ3) is 7.11. The van der Waals surface area contributed by atoms with Crippen molar-refractivity contribution in [3.8, 4) is 0 Å². The number of Topliss-reactive ketones (excluding diaryl/α,β-unsaturated/α-hetero) is 2. The minimum Gasteiger partial charge on any atom is -0.459 e. The zero-order valence-electron chi connectivity index (χ0n) is 25.7. The summed E-state index contributed by atoms with van der Waals surface area (Å²) in [5.41, 5.74) is -3.20. The van der Waals surface area contributed by atoms with E-state index in [1.54, 1.807) is 34.7 Å². The quantitative estimate of drug-likeness (QED) is 0.278. The number of aliphatic hydroxyl groups excluding tert-OH is 2. The first kappa shape index (κ1) is 34.7. The molecule has 2 heterocycles. The van der Waals surface area contributed by atoms with Crippen LogP contribution in [-0.2, 0) is 33.3 Å². The first-order valence-electron chi connectivity index (χ1n) is 14.4. The van der Waals surface area contributed by atoms with Crippen molar-refractivity contribution in [3.63, 3.8) is 0 Å². The maximum atomic E-state index is 13.7. The second kappa shape index (κ2) is 13.7. The second-order valence-electron chi connectivity index (χ2n) is 12.2. The van der Waals surface area contributed by atoms with E-state index in [1.807, 2.05) is 6.92 Å². The maximum Gasteiger partial charge on any atom is 0.316 e. The Morgan fingerprint density at radius 1 is 1.02 bits per heavy atom. The van der Waals surface area contributed by atoms with Crippen molar-refractivity contribution in [1.82, 2.24) is 5.32 Å². The van der Waals surface area contributed by atoms with Crippen molar-refractivity contribution >= 4 is 17.5 Å². The van der Waals surface area contributed by atoms with Crippen LogP contribution in [0, 0.1) is 23.7 Å². The predicted molar refractivity (Wildman–Crippen MR) is 146 cm³/mol. The molecule has 0 spiro atoms. The molecule has 0 aliphatic carbocycles. The van der Waals surface area contributed by atoms with Gasteiger partial charge in [0.15, 0.2) is 12.1 Å². The average Bonchev–Trinajstić information content (AvgIpc) is 2.92. The zero-order valence-corrected chi connectivity index (χ0v) is 25.7. The number of nitrogens with one attached hydrogen (secondary N) is 1. The number of likely N-dealkylation sites (N-methyl/N-ethyl adjacent to an activating group) is 1. The van der Waals surface area contributed by atoms with E-state index in [4.69, 9.17) is 18.9 Å². The monoisotopic (exact) mass is 573 g/mol. The molecule has 0 unspecified atom stereocenters. The molecule has 2 aliphatic heterocycles. The maximum absolute atomic E-state index is 13.7. The molecule has 0 amide bonds. The van der Waals surface area contributed by atoms with E-state index in [0.29, 0.717) is 6.42 Å². The lowest BCUT2D eigenvalue weighted by Gasteiger charge is -2.46. The fourth-order valence-electron chi connectivity index (χ4n) is 6.23. The lowest BCUT2D eigenvalue weighted by atomic mass is 9.74. The van der Waals surface area contributed by atoms with Gasteiger partial charge in [-0.1, -0.05) is 27.7 Å². The molecule has 0 aromatic carbocycles. The van der Waals surface area contributed by atoms with Gasteiger partial charge in [-0.3, -0.25) is 14.4 Å². The van der Waals surface area contributed by atoms with Gasteiger partial charge >= 0.3 is 5.97 Å². The number of methoxy groups -OCH3 is 1. The molecule has 0 aromatic rings. The molecular formula is C29H51NO10. The standard InChI is InChI=1S/C29H51NO10/c1-11-20-29(8,36)24(34)16(4)21(31)14(2)13-28(7,37-10)25(17(5)22(32)18(6)26(35)39-20)40-27-23(33)19(30-9)12-15(3)38-27/h14-20,23-25,27,30,33-34,36H,11-13H2,1-10H3/t14-,15-,16+,17+,18-,19+,20-,23-,24-,25-,27+,28-,29-/m1/s1. The Morgan fingerprint density at radius 2 is 1.62 bits per heavy atom. The molecule has 11 heteroatoms. The number of hydrogen-bond donors (Lipinski definition) is 4. The van der Waals surface area contributed by atoms with Crippen molar-refractivity contribution in [3.05, 3.63) is 0 Å². The Morgan fingerprint density at radius 3 is 2.15 bits per heavy atom. The van der Waals surface area contributed by atoms with Crippen LogP contribution >= 0.6 is 0 Å². The molecule has 2 rings (SSSR count). The van der Waals surface area contributed by atoms with E-state index in [-0.39, 0.29) is 30.8 Å². The summed E-state index contributed by atoms with van der Waals surface area (Å²) in [6.07, 6.45) is -5.35. The summed E-state index contributed by atoms with van der Waals surface area (Å²) < 4.78 is 23.8. The molecule has 0 bridgehead atoms. The van der Waals surface area contributed by atoms with Crippen LogP contribution in [0.1, 0.15) is 74.7 Å². The van der Waals surface area contributed by atoms with Gasteiger partial charge in [0.05, 0.1) is 23.9 Å². The summed E-state index contributed by atoms with van der Waals surface area (Å²) in [5, 5.41) is 36.3. The van der Waals surface area contributed by atoms with E-state index in [0.717, 1.165) is 0 Å². The average molecular weight is 574 g/mol. The highest BCUT2D eigenvalue weighted by Gasteiger charge is 2.51. The number of aliphatic hydroxyl groups is 3. The summed E-state index contributed by atoms with van der Waals surface area (Å²) in [6, 6.07) is -0.317. The number of ketones is 2. The molecule has 2 saturated heterocycles. The van der Waals surface area contributed by atoms with Crippen LogP contribution in [0.2, 0.25) is 0 Å². The number of cyclic esters (lactones) is 1. The molecule has 0 radical (unpaired) electrons. The normalized spacial score (nSPS) is 46.5. The molecule has 0 saturated carbocycles. The van der Waals surface area contributed by atoms with Gasteiger partial charge in [-0.15, -0.1) is 0 Å². The van der Waals surface area contributed by atoms with Gasteiger partial charge in [0, 0.05) is 30.9 Å². The van der Waals surface area contributed by atoms with Gasteiger partial charge in [-0.05, 0) is 54.0 Å². The molecule has 13 atom stereocenters.